The predicted molar refractivity (Wildman–Crippen MR) is 82.5 cm³/mol. The van der Waals surface area contributed by atoms with E-state index in [1.54, 1.807) is 13.0 Å². The summed E-state index contributed by atoms with van der Waals surface area (Å²) in [5, 5.41) is 12.6. The van der Waals surface area contributed by atoms with Crippen molar-refractivity contribution in [1.82, 2.24) is 0 Å². The molecule has 2 aliphatic carbocycles. The lowest BCUT2D eigenvalue weighted by Gasteiger charge is -2.44. The van der Waals surface area contributed by atoms with Crippen molar-refractivity contribution in [1.29, 1.82) is 5.26 Å². The van der Waals surface area contributed by atoms with E-state index < -0.39 is 0 Å². The Morgan fingerprint density at radius 1 is 1.33 bits per heavy atom. The van der Waals surface area contributed by atoms with Gasteiger partial charge in [-0.25, -0.2) is 4.39 Å². The van der Waals surface area contributed by atoms with E-state index in [-0.39, 0.29) is 16.6 Å². The van der Waals surface area contributed by atoms with Crippen LogP contribution in [0.1, 0.15) is 51.2 Å². The minimum Gasteiger partial charge on any atom is -0.381 e. The summed E-state index contributed by atoms with van der Waals surface area (Å²) in [7, 11) is 0. The van der Waals surface area contributed by atoms with E-state index >= 15 is 0 Å². The number of nitriles is 1. The molecule has 0 aliphatic heterocycles. The molecule has 3 unspecified atom stereocenters. The molecule has 2 saturated carbocycles. The maximum absolute atomic E-state index is 14.0. The van der Waals surface area contributed by atoms with E-state index in [0.29, 0.717) is 17.2 Å². The summed E-state index contributed by atoms with van der Waals surface area (Å²) in [6, 6.07) is 5.47. The van der Waals surface area contributed by atoms with E-state index in [1.807, 2.05) is 6.07 Å². The highest BCUT2D eigenvalue weighted by Crippen LogP contribution is 2.63. The number of rotatable bonds is 2. The monoisotopic (exact) mass is 286 g/mol. The van der Waals surface area contributed by atoms with Crippen LogP contribution in [0.25, 0.3) is 0 Å². The van der Waals surface area contributed by atoms with Gasteiger partial charge in [0.1, 0.15) is 5.82 Å². The van der Waals surface area contributed by atoms with Gasteiger partial charge in [0.15, 0.2) is 0 Å². The van der Waals surface area contributed by atoms with E-state index in [2.05, 4.69) is 26.1 Å². The molecule has 2 aliphatic rings. The number of hydrogen-bond acceptors (Lipinski definition) is 2. The fourth-order valence-corrected chi connectivity index (χ4v) is 4.71. The number of nitrogens with zero attached hydrogens (tertiary/aromatic N) is 1. The highest BCUT2D eigenvalue weighted by Gasteiger charge is 2.59. The fourth-order valence-electron chi connectivity index (χ4n) is 4.71. The van der Waals surface area contributed by atoms with Crippen LogP contribution in [0.3, 0.4) is 0 Å². The highest BCUT2D eigenvalue weighted by atomic mass is 19.1. The van der Waals surface area contributed by atoms with Gasteiger partial charge in [-0.1, -0.05) is 20.8 Å². The molecule has 1 N–H and O–H groups in total. The molecule has 2 bridgehead atoms. The van der Waals surface area contributed by atoms with Crippen molar-refractivity contribution in [2.24, 2.45) is 16.7 Å². The van der Waals surface area contributed by atoms with E-state index in [1.165, 1.54) is 25.3 Å². The van der Waals surface area contributed by atoms with Gasteiger partial charge < -0.3 is 5.32 Å². The first-order valence-electron chi connectivity index (χ1n) is 7.75. The molecule has 21 heavy (non-hydrogen) atoms. The van der Waals surface area contributed by atoms with Crippen LogP contribution in [0, 0.1) is 40.8 Å². The van der Waals surface area contributed by atoms with Gasteiger partial charge in [0.2, 0.25) is 0 Å². The Balaban J connectivity index is 1.98. The van der Waals surface area contributed by atoms with Crippen molar-refractivity contribution in [2.45, 2.75) is 53.0 Å². The zero-order valence-electron chi connectivity index (χ0n) is 13.3. The molecular formula is C18H23FN2. The Hall–Kier alpha value is -1.56. The van der Waals surface area contributed by atoms with E-state index in [9.17, 15) is 4.39 Å². The average Bonchev–Trinajstić information content (AvgIpc) is 2.90. The van der Waals surface area contributed by atoms with Gasteiger partial charge >= 0.3 is 0 Å². The summed E-state index contributed by atoms with van der Waals surface area (Å²) in [6.07, 6.45) is 3.78. The Morgan fingerprint density at radius 3 is 2.62 bits per heavy atom. The van der Waals surface area contributed by atoms with Gasteiger partial charge in [0.05, 0.1) is 11.6 Å². The maximum Gasteiger partial charge on any atom is 0.129 e. The Morgan fingerprint density at radius 2 is 2.05 bits per heavy atom. The van der Waals surface area contributed by atoms with Gasteiger partial charge in [-0.2, -0.15) is 5.26 Å². The SMILES string of the molecule is Cc1c(F)cc(C#N)cc1NC1C2(C)CCC(C2)C1(C)C. The Labute approximate surface area is 126 Å². The van der Waals surface area contributed by atoms with Crippen molar-refractivity contribution in [2.75, 3.05) is 5.32 Å². The summed E-state index contributed by atoms with van der Waals surface area (Å²) >= 11 is 0. The molecule has 0 saturated heterocycles. The molecular weight excluding hydrogens is 263 g/mol. The number of nitrogens with one attached hydrogen (secondary N) is 1. The molecule has 3 rings (SSSR count). The molecule has 1 aromatic carbocycles. The zero-order valence-corrected chi connectivity index (χ0v) is 13.3. The van der Waals surface area contributed by atoms with Crippen LogP contribution in [0.15, 0.2) is 12.1 Å². The largest absolute Gasteiger partial charge is 0.381 e. The molecule has 2 fully saturated rings. The third-order valence-corrected chi connectivity index (χ3v) is 6.04. The van der Waals surface area contributed by atoms with Gasteiger partial charge in [-0.05, 0) is 55.1 Å². The summed E-state index contributed by atoms with van der Waals surface area (Å²) in [6.45, 7) is 8.76. The molecule has 0 spiro atoms. The first kappa shape index (κ1) is 14.4. The molecule has 0 radical (unpaired) electrons. The molecule has 0 amide bonds. The first-order valence-corrected chi connectivity index (χ1v) is 7.75. The van der Waals surface area contributed by atoms with Crippen LogP contribution in [0.5, 0.6) is 0 Å². The van der Waals surface area contributed by atoms with E-state index in [0.717, 1.165) is 11.6 Å². The van der Waals surface area contributed by atoms with Crippen molar-refractivity contribution in [3.8, 4) is 6.07 Å². The lowest BCUT2D eigenvalue weighted by Crippen LogP contribution is -2.46. The zero-order chi connectivity index (χ0) is 15.4. The first-order chi connectivity index (χ1) is 9.78. The summed E-state index contributed by atoms with van der Waals surface area (Å²) < 4.78 is 14.0. The molecule has 3 heteroatoms. The lowest BCUT2D eigenvalue weighted by molar-refractivity contribution is 0.155. The smallest absolute Gasteiger partial charge is 0.129 e. The van der Waals surface area contributed by atoms with E-state index in [4.69, 9.17) is 5.26 Å². The molecule has 2 nitrogen and oxygen atoms in total. The van der Waals surface area contributed by atoms with Crippen LogP contribution in [-0.4, -0.2) is 6.04 Å². The van der Waals surface area contributed by atoms with Gasteiger partial charge in [-0.3, -0.25) is 0 Å². The third-order valence-electron chi connectivity index (χ3n) is 6.04. The van der Waals surface area contributed by atoms with Crippen molar-refractivity contribution < 1.29 is 4.39 Å². The lowest BCUT2D eigenvalue weighted by atomic mass is 9.68. The maximum atomic E-state index is 14.0. The number of benzene rings is 1. The number of halogens is 1. The average molecular weight is 286 g/mol. The second-order valence-electron chi connectivity index (χ2n) is 7.73. The second kappa shape index (κ2) is 4.47. The van der Waals surface area contributed by atoms with Crippen LogP contribution < -0.4 is 5.32 Å². The van der Waals surface area contributed by atoms with Crippen LogP contribution >= 0.6 is 0 Å². The van der Waals surface area contributed by atoms with Crippen LogP contribution in [0.4, 0.5) is 10.1 Å². The third kappa shape index (κ3) is 2.04. The second-order valence-corrected chi connectivity index (χ2v) is 7.73. The quantitative estimate of drug-likeness (QED) is 0.860. The number of fused-ring (bicyclic) bond motifs is 2. The van der Waals surface area contributed by atoms with Gasteiger partial charge in [0.25, 0.3) is 0 Å². The van der Waals surface area contributed by atoms with Crippen molar-refractivity contribution in [3.05, 3.63) is 29.1 Å². The highest BCUT2D eigenvalue weighted by molar-refractivity contribution is 5.57. The van der Waals surface area contributed by atoms with Crippen LogP contribution in [0.2, 0.25) is 0 Å². The molecule has 0 heterocycles. The number of anilines is 1. The van der Waals surface area contributed by atoms with Gasteiger partial charge in [-0.15, -0.1) is 0 Å². The fraction of sp³-hybridized carbons (Fsp3) is 0.611. The molecule has 3 atom stereocenters. The minimum atomic E-state index is -0.303. The van der Waals surface area contributed by atoms with Crippen LogP contribution in [-0.2, 0) is 0 Å². The Kier molecular flexibility index (Phi) is 3.06. The molecule has 0 aromatic heterocycles. The molecule has 112 valence electrons. The number of hydrogen-bond donors (Lipinski definition) is 1. The summed E-state index contributed by atoms with van der Waals surface area (Å²) in [4.78, 5) is 0. The summed E-state index contributed by atoms with van der Waals surface area (Å²) in [5.74, 6) is 0.437. The van der Waals surface area contributed by atoms with Crippen molar-refractivity contribution in [3.63, 3.8) is 0 Å². The standard InChI is InChI=1S/C18H23FN2/c1-11-14(19)7-12(10-20)8-15(11)21-16-17(2,3)13-5-6-18(16,4)9-13/h7-8,13,16,21H,5-6,9H2,1-4H3. The van der Waals surface area contributed by atoms with Gasteiger partial charge in [0, 0.05) is 17.3 Å². The summed E-state index contributed by atoms with van der Waals surface area (Å²) in [5.41, 5.74) is 2.25. The molecule has 1 aromatic rings. The predicted octanol–water partition coefficient (Wildman–Crippen LogP) is 4.63. The van der Waals surface area contributed by atoms with Crippen molar-refractivity contribution >= 4 is 5.69 Å². The Bertz CT molecular complexity index is 624. The topological polar surface area (TPSA) is 35.8 Å². The minimum absolute atomic E-state index is 0.207. The normalized spacial score (nSPS) is 33.0.